The Hall–Kier alpha value is -1.72. The van der Waals surface area contributed by atoms with Gasteiger partial charge >= 0.3 is 0 Å². The van der Waals surface area contributed by atoms with Crippen LogP contribution >= 0.6 is 23.4 Å². The summed E-state index contributed by atoms with van der Waals surface area (Å²) >= 11 is 8.08. The molecule has 0 amide bonds. The van der Waals surface area contributed by atoms with Crippen LogP contribution < -0.4 is 4.74 Å². The number of ether oxygens (including phenoxy) is 2. The molecular formula is C19H20ClNO3S. The number of aromatic nitrogens is 1. The minimum Gasteiger partial charge on any atom is -0.487 e. The number of hydrogen-bond acceptors (Lipinski definition) is 5. The molecule has 25 heavy (non-hydrogen) atoms. The molecule has 0 bridgehead atoms. The number of rotatable bonds is 8. The molecule has 2 unspecified atom stereocenters. The Morgan fingerprint density at radius 1 is 1.40 bits per heavy atom. The van der Waals surface area contributed by atoms with Gasteiger partial charge in [-0.05, 0) is 30.2 Å². The Labute approximate surface area is 156 Å². The molecule has 0 N–H and O–H groups in total. The van der Waals surface area contributed by atoms with Gasteiger partial charge in [0.05, 0.1) is 5.02 Å². The fraction of sp³-hybridized carbons (Fsp3) is 0.368. The first-order valence-corrected chi connectivity index (χ1v) is 9.46. The topological polar surface area (TPSA) is 48.4 Å². The molecule has 6 heteroatoms. The van der Waals surface area contributed by atoms with Crippen LogP contribution in [-0.4, -0.2) is 22.8 Å². The Balaban J connectivity index is 1.65. The van der Waals surface area contributed by atoms with Crippen LogP contribution in [-0.2, 0) is 16.1 Å². The molecule has 0 spiro atoms. The zero-order chi connectivity index (χ0) is 17.8. The maximum atomic E-state index is 10.4. The summed E-state index contributed by atoms with van der Waals surface area (Å²) in [7, 11) is 0. The quantitative estimate of drug-likeness (QED) is 0.486. The van der Waals surface area contributed by atoms with Gasteiger partial charge in [0.1, 0.15) is 23.5 Å². The highest BCUT2D eigenvalue weighted by molar-refractivity contribution is 7.99. The summed E-state index contributed by atoms with van der Waals surface area (Å²) in [6, 6.07) is 9.68. The van der Waals surface area contributed by atoms with Crippen molar-refractivity contribution in [3.8, 4) is 5.75 Å². The lowest BCUT2D eigenvalue weighted by molar-refractivity contribution is -0.129. The minimum absolute atomic E-state index is 0.0219. The first-order valence-electron chi connectivity index (χ1n) is 8.20. The lowest BCUT2D eigenvalue weighted by Crippen LogP contribution is -2.01. The van der Waals surface area contributed by atoms with E-state index in [1.54, 1.807) is 18.0 Å². The number of thioether (sulfide) groups is 1. The summed E-state index contributed by atoms with van der Waals surface area (Å²) in [6.45, 7) is 5.20. The number of hydrogen-bond donors (Lipinski definition) is 0. The van der Waals surface area contributed by atoms with Crippen molar-refractivity contribution in [2.45, 2.75) is 49.2 Å². The van der Waals surface area contributed by atoms with Gasteiger partial charge in [-0.15, -0.1) is 11.8 Å². The Morgan fingerprint density at radius 2 is 2.24 bits per heavy atom. The van der Waals surface area contributed by atoms with Crippen molar-refractivity contribution in [2.75, 3.05) is 0 Å². The van der Waals surface area contributed by atoms with Crippen LogP contribution in [0.25, 0.3) is 0 Å². The Morgan fingerprint density at radius 3 is 2.96 bits per heavy atom. The third kappa shape index (κ3) is 4.67. The predicted molar refractivity (Wildman–Crippen MR) is 99.3 cm³/mol. The van der Waals surface area contributed by atoms with Crippen LogP contribution in [0.3, 0.4) is 0 Å². The molecule has 132 valence electrons. The van der Waals surface area contributed by atoms with Crippen LogP contribution in [0.2, 0.25) is 5.02 Å². The summed E-state index contributed by atoms with van der Waals surface area (Å²) in [4.78, 5) is 14.8. The number of pyridine rings is 1. The molecule has 1 saturated carbocycles. The van der Waals surface area contributed by atoms with E-state index in [2.05, 4.69) is 18.8 Å². The highest BCUT2D eigenvalue weighted by atomic mass is 35.5. The van der Waals surface area contributed by atoms with Gasteiger partial charge in [0.2, 0.25) is 0 Å². The van der Waals surface area contributed by atoms with Crippen molar-refractivity contribution in [2.24, 2.45) is 0 Å². The highest BCUT2D eigenvalue weighted by Gasteiger charge is 2.40. The molecule has 1 fully saturated rings. The van der Waals surface area contributed by atoms with Crippen molar-refractivity contribution in [1.29, 1.82) is 0 Å². The van der Waals surface area contributed by atoms with Gasteiger partial charge in [0.15, 0.2) is 0 Å². The lowest BCUT2D eigenvalue weighted by Gasteiger charge is -2.13. The zero-order valence-electron chi connectivity index (χ0n) is 14.1. The van der Waals surface area contributed by atoms with Gasteiger partial charge < -0.3 is 9.47 Å². The second kappa shape index (κ2) is 8.11. The van der Waals surface area contributed by atoms with Crippen LogP contribution in [0.1, 0.15) is 37.3 Å². The third-order valence-electron chi connectivity index (χ3n) is 3.93. The summed E-state index contributed by atoms with van der Waals surface area (Å²) in [5, 5.41) is 2.00. The molecule has 3 rings (SSSR count). The molecule has 1 aromatic carbocycles. The normalized spacial score (nSPS) is 18.9. The van der Waals surface area contributed by atoms with Gasteiger partial charge in [0, 0.05) is 22.9 Å². The van der Waals surface area contributed by atoms with Gasteiger partial charge in [-0.25, -0.2) is 4.98 Å². The summed E-state index contributed by atoms with van der Waals surface area (Å²) < 4.78 is 10.9. The second-order valence-corrected chi connectivity index (χ2v) is 8.20. The molecule has 2 atom stereocenters. The average Bonchev–Trinajstić information content (AvgIpc) is 3.34. The van der Waals surface area contributed by atoms with Crippen LogP contribution in [0.4, 0.5) is 0 Å². The van der Waals surface area contributed by atoms with Crippen molar-refractivity contribution in [3.05, 3.63) is 52.7 Å². The summed E-state index contributed by atoms with van der Waals surface area (Å²) in [6.07, 6.45) is 2.62. The molecule has 2 aromatic rings. The van der Waals surface area contributed by atoms with Crippen LogP contribution in [0, 0.1) is 0 Å². The smallest absolute Gasteiger partial charge is 0.293 e. The van der Waals surface area contributed by atoms with Gasteiger partial charge in [-0.1, -0.05) is 37.6 Å². The van der Waals surface area contributed by atoms with E-state index < -0.39 is 0 Å². The second-order valence-electron chi connectivity index (χ2n) is 6.23. The number of carbonyl (C=O) groups is 1. The van der Waals surface area contributed by atoms with Crippen LogP contribution in [0.15, 0.2) is 41.6 Å². The monoisotopic (exact) mass is 377 g/mol. The largest absolute Gasteiger partial charge is 0.487 e. The average molecular weight is 378 g/mol. The standard InChI is InChI=1S/C19H20ClNO3S/c1-12(2)25-19-14(4-3-7-21-19)10-23-17-6-5-13(8-16(17)20)15-9-18(15)24-11-22/h3-8,11-12,15,18H,9-10H2,1-2H3. The molecule has 1 aliphatic carbocycles. The molecule has 0 radical (unpaired) electrons. The number of carbonyl (C=O) groups excluding carboxylic acids is 1. The maximum absolute atomic E-state index is 10.4. The Bertz CT molecular complexity index is 753. The van der Waals surface area contributed by atoms with E-state index in [0.29, 0.717) is 29.1 Å². The maximum Gasteiger partial charge on any atom is 0.293 e. The minimum atomic E-state index is -0.0219. The zero-order valence-corrected chi connectivity index (χ0v) is 15.7. The van der Waals surface area contributed by atoms with E-state index in [9.17, 15) is 4.79 Å². The van der Waals surface area contributed by atoms with E-state index >= 15 is 0 Å². The number of halogens is 1. The predicted octanol–water partition coefficient (Wildman–Crippen LogP) is 4.84. The van der Waals surface area contributed by atoms with Crippen LogP contribution in [0.5, 0.6) is 5.75 Å². The van der Waals surface area contributed by atoms with Gasteiger partial charge in [-0.2, -0.15) is 0 Å². The first-order chi connectivity index (χ1) is 12.1. The van der Waals surface area contributed by atoms with Crippen molar-refractivity contribution in [3.63, 3.8) is 0 Å². The lowest BCUT2D eigenvalue weighted by atomic mass is 10.1. The fourth-order valence-corrected chi connectivity index (χ4v) is 3.72. The molecular weight excluding hydrogens is 358 g/mol. The first kappa shape index (κ1) is 18.1. The molecule has 1 aromatic heterocycles. The number of benzene rings is 1. The van der Waals surface area contributed by atoms with Crippen molar-refractivity contribution < 1.29 is 14.3 Å². The molecule has 1 aliphatic rings. The molecule has 0 saturated heterocycles. The van der Waals surface area contributed by atoms with E-state index in [1.807, 2.05) is 30.3 Å². The summed E-state index contributed by atoms with van der Waals surface area (Å²) in [5.74, 6) is 0.882. The van der Waals surface area contributed by atoms with Gasteiger partial charge in [0.25, 0.3) is 6.47 Å². The SMILES string of the molecule is CC(C)Sc1ncccc1COc1ccc(C2CC2OC=O)cc1Cl. The van der Waals surface area contributed by atoms with Crippen molar-refractivity contribution >= 4 is 29.8 Å². The van der Waals surface area contributed by atoms with E-state index in [0.717, 1.165) is 22.6 Å². The molecule has 0 aliphatic heterocycles. The summed E-state index contributed by atoms with van der Waals surface area (Å²) in [5.41, 5.74) is 2.12. The highest BCUT2D eigenvalue weighted by Crippen LogP contribution is 2.44. The van der Waals surface area contributed by atoms with E-state index in [1.165, 1.54) is 0 Å². The number of nitrogens with zero attached hydrogens (tertiary/aromatic N) is 1. The molecule has 4 nitrogen and oxygen atoms in total. The van der Waals surface area contributed by atoms with E-state index in [4.69, 9.17) is 21.1 Å². The Kier molecular flexibility index (Phi) is 5.86. The molecule has 1 heterocycles. The third-order valence-corrected chi connectivity index (χ3v) is 5.28. The van der Waals surface area contributed by atoms with E-state index in [-0.39, 0.29) is 12.0 Å². The fourth-order valence-electron chi connectivity index (χ4n) is 2.63. The van der Waals surface area contributed by atoms with Gasteiger partial charge in [-0.3, -0.25) is 4.79 Å². The van der Waals surface area contributed by atoms with Crippen molar-refractivity contribution in [1.82, 2.24) is 4.98 Å².